The Hall–Kier alpha value is -2.55. The van der Waals surface area contributed by atoms with E-state index in [1.165, 1.54) is 19.3 Å². The molecule has 0 spiro atoms. The van der Waals surface area contributed by atoms with Crippen LogP contribution < -0.4 is 4.74 Å². The topological polar surface area (TPSA) is 35.5 Å². The first-order valence-corrected chi connectivity index (χ1v) is 9.75. The second kappa shape index (κ2) is 11.2. The summed E-state index contributed by atoms with van der Waals surface area (Å²) in [4.78, 5) is 12.2. The molecule has 0 fully saturated rings. The zero-order chi connectivity index (χ0) is 19.5. The van der Waals surface area contributed by atoms with E-state index in [1.807, 2.05) is 67.6 Å². The summed E-state index contributed by atoms with van der Waals surface area (Å²) in [7, 11) is 1.66. The lowest BCUT2D eigenvalue weighted by Crippen LogP contribution is -2.15. The Bertz CT molecular complexity index is 714. The predicted octanol–water partition coefficient (Wildman–Crippen LogP) is 6.38. The second-order valence-corrected chi connectivity index (χ2v) is 6.79. The molecule has 0 N–H and O–H groups in total. The Morgan fingerprint density at radius 1 is 0.926 bits per heavy atom. The number of hydrogen-bond donors (Lipinski definition) is 0. The van der Waals surface area contributed by atoms with Gasteiger partial charge in [-0.1, -0.05) is 62.6 Å². The van der Waals surface area contributed by atoms with Gasteiger partial charge in [-0.2, -0.15) is 0 Å². The summed E-state index contributed by atoms with van der Waals surface area (Å²) in [6.07, 6.45) is 9.71. The highest BCUT2D eigenvalue weighted by atomic mass is 16.5. The molecule has 2 aromatic rings. The molecule has 0 saturated heterocycles. The average molecular weight is 367 g/mol. The molecule has 0 radical (unpaired) electrons. The number of carbonyl (C=O) groups is 1. The molecule has 0 saturated carbocycles. The molecular formula is C24H30O3. The predicted molar refractivity (Wildman–Crippen MR) is 112 cm³/mol. The van der Waals surface area contributed by atoms with Gasteiger partial charge in [0, 0.05) is 0 Å². The number of rotatable bonds is 10. The van der Waals surface area contributed by atoms with Gasteiger partial charge in [-0.3, -0.25) is 0 Å². The van der Waals surface area contributed by atoms with Gasteiger partial charge in [0.2, 0.25) is 0 Å². The number of methoxy groups -OCH3 is 1. The van der Waals surface area contributed by atoms with E-state index in [0.717, 1.165) is 29.7 Å². The summed E-state index contributed by atoms with van der Waals surface area (Å²) in [6, 6.07) is 15.4. The van der Waals surface area contributed by atoms with Crippen LogP contribution in [0.4, 0.5) is 0 Å². The van der Waals surface area contributed by atoms with Crippen LogP contribution in [0.2, 0.25) is 0 Å². The molecule has 2 aromatic carbocycles. The fraction of sp³-hybridized carbons (Fsp3) is 0.375. The standard InChI is InChI=1S/C24H30O3/c1-4-5-6-7-8-19(2)27-24(25)22-15-11-20(12-16-22)9-10-21-13-17-23(26-3)18-14-21/h9-19H,4-8H2,1-3H3/b10-9+. The van der Waals surface area contributed by atoms with E-state index in [1.54, 1.807) is 7.11 Å². The molecule has 27 heavy (non-hydrogen) atoms. The highest BCUT2D eigenvalue weighted by molar-refractivity contribution is 5.89. The molecule has 0 heterocycles. The quantitative estimate of drug-likeness (QED) is 0.278. The number of benzene rings is 2. The van der Waals surface area contributed by atoms with Gasteiger partial charge in [0.25, 0.3) is 0 Å². The van der Waals surface area contributed by atoms with Gasteiger partial charge in [-0.25, -0.2) is 4.79 Å². The molecule has 144 valence electrons. The third kappa shape index (κ3) is 7.30. The monoisotopic (exact) mass is 366 g/mol. The number of carbonyl (C=O) groups excluding carboxylic acids is 1. The number of esters is 1. The second-order valence-electron chi connectivity index (χ2n) is 6.79. The van der Waals surface area contributed by atoms with E-state index in [9.17, 15) is 4.79 Å². The van der Waals surface area contributed by atoms with E-state index >= 15 is 0 Å². The summed E-state index contributed by atoms with van der Waals surface area (Å²) in [5.41, 5.74) is 2.73. The summed E-state index contributed by atoms with van der Waals surface area (Å²) in [5.74, 6) is 0.596. The van der Waals surface area contributed by atoms with Gasteiger partial charge in [-0.05, 0) is 55.2 Å². The van der Waals surface area contributed by atoms with Crippen LogP contribution in [0.5, 0.6) is 5.75 Å². The Kier molecular flexibility index (Phi) is 8.63. The number of hydrogen-bond acceptors (Lipinski definition) is 3. The summed E-state index contributed by atoms with van der Waals surface area (Å²) in [6.45, 7) is 4.16. The minimum Gasteiger partial charge on any atom is -0.497 e. The fourth-order valence-corrected chi connectivity index (χ4v) is 2.81. The summed E-state index contributed by atoms with van der Waals surface area (Å²) < 4.78 is 10.7. The van der Waals surface area contributed by atoms with Crippen LogP contribution in [-0.4, -0.2) is 19.2 Å². The zero-order valence-corrected chi connectivity index (χ0v) is 16.6. The first-order chi connectivity index (χ1) is 13.1. The molecule has 1 unspecified atom stereocenters. The molecule has 0 amide bonds. The van der Waals surface area contributed by atoms with Crippen molar-refractivity contribution < 1.29 is 14.3 Å². The molecular weight excluding hydrogens is 336 g/mol. The van der Waals surface area contributed by atoms with Crippen molar-refractivity contribution in [2.75, 3.05) is 7.11 Å². The molecule has 3 nitrogen and oxygen atoms in total. The molecule has 0 aromatic heterocycles. The lowest BCUT2D eigenvalue weighted by atomic mass is 10.1. The Labute approximate surface area is 163 Å². The van der Waals surface area contributed by atoms with Crippen molar-refractivity contribution in [3.63, 3.8) is 0 Å². The Morgan fingerprint density at radius 2 is 1.52 bits per heavy atom. The van der Waals surface area contributed by atoms with Gasteiger partial charge in [-0.15, -0.1) is 0 Å². The van der Waals surface area contributed by atoms with Crippen LogP contribution in [0.3, 0.4) is 0 Å². The van der Waals surface area contributed by atoms with E-state index in [2.05, 4.69) is 6.92 Å². The minimum absolute atomic E-state index is 0.0380. The van der Waals surface area contributed by atoms with Crippen molar-refractivity contribution in [1.82, 2.24) is 0 Å². The third-order valence-corrected chi connectivity index (χ3v) is 4.50. The van der Waals surface area contributed by atoms with Crippen molar-refractivity contribution in [2.45, 2.75) is 52.1 Å². The van der Waals surface area contributed by atoms with Crippen LogP contribution in [-0.2, 0) is 4.74 Å². The number of ether oxygens (including phenoxy) is 2. The maximum absolute atomic E-state index is 12.2. The smallest absolute Gasteiger partial charge is 0.338 e. The van der Waals surface area contributed by atoms with Crippen molar-refractivity contribution in [3.8, 4) is 5.75 Å². The summed E-state index contributed by atoms with van der Waals surface area (Å²) >= 11 is 0. The van der Waals surface area contributed by atoms with E-state index < -0.39 is 0 Å². The van der Waals surface area contributed by atoms with Crippen LogP contribution in [0.15, 0.2) is 48.5 Å². The van der Waals surface area contributed by atoms with Crippen molar-refractivity contribution in [3.05, 3.63) is 65.2 Å². The molecule has 0 bridgehead atoms. The average Bonchev–Trinajstić information content (AvgIpc) is 2.70. The zero-order valence-electron chi connectivity index (χ0n) is 16.6. The maximum atomic E-state index is 12.2. The van der Waals surface area contributed by atoms with Gasteiger partial charge in [0.15, 0.2) is 0 Å². The first-order valence-electron chi connectivity index (χ1n) is 9.75. The van der Waals surface area contributed by atoms with Gasteiger partial charge in [0.1, 0.15) is 5.75 Å². The largest absolute Gasteiger partial charge is 0.497 e. The van der Waals surface area contributed by atoms with E-state index in [-0.39, 0.29) is 12.1 Å². The van der Waals surface area contributed by atoms with E-state index in [4.69, 9.17) is 9.47 Å². The molecule has 1 atom stereocenters. The molecule has 3 heteroatoms. The van der Waals surface area contributed by atoms with Gasteiger partial charge < -0.3 is 9.47 Å². The van der Waals surface area contributed by atoms with E-state index in [0.29, 0.717) is 5.56 Å². The van der Waals surface area contributed by atoms with Gasteiger partial charge >= 0.3 is 5.97 Å². The van der Waals surface area contributed by atoms with Crippen LogP contribution >= 0.6 is 0 Å². The Morgan fingerprint density at radius 3 is 2.07 bits per heavy atom. The molecule has 0 aliphatic carbocycles. The highest BCUT2D eigenvalue weighted by Crippen LogP contribution is 2.15. The molecule has 2 rings (SSSR count). The molecule has 0 aliphatic heterocycles. The van der Waals surface area contributed by atoms with Crippen LogP contribution in [0, 0.1) is 0 Å². The lowest BCUT2D eigenvalue weighted by molar-refractivity contribution is 0.0319. The van der Waals surface area contributed by atoms with Crippen LogP contribution in [0.1, 0.15) is 67.4 Å². The summed E-state index contributed by atoms with van der Waals surface area (Å²) in [5, 5.41) is 0. The van der Waals surface area contributed by atoms with Crippen LogP contribution in [0.25, 0.3) is 12.2 Å². The lowest BCUT2D eigenvalue weighted by Gasteiger charge is -2.13. The minimum atomic E-state index is -0.247. The van der Waals surface area contributed by atoms with Crippen molar-refractivity contribution in [2.24, 2.45) is 0 Å². The fourth-order valence-electron chi connectivity index (χ4n) is 2.81. The first kappa shape index (κ1) is 20.8. The van der Waals surface area contributed by atoms with Gasteiger partial charge in [0.05, 0.1) is 18.8 Å². The third-order valence-electron chi connectivity index (χ3n) is 4.50. The number of unbranched alkanes of at least 4 members (excludes halogenated alkanes) is 3. The van der Waals surface area contributed by atoms with Crippen molar-refractivity contribution >= 4 is 18.1 Å². The highest BCUT2D eigenvalue weighted by Gasteiger charge is 2.11. The molecule has 0 aliphatic rings. The van der Waals surface area contributed by atoms with Crippen molar-refractivity contribution in [1.29, 1.82) is 0 Å². The SMILES string of the molecule is CCCCCCC(C)OC(=O)c1ccc(/C=C/c2ccc(OC)cc2)cc1. The normalized spacial score (nSPS) is 12.1. The Balaban J connectivity index is 1.86. The maximum Gasteiger partial charge on any atom is 0.338 e.